The molecule has 0 aliphatic carbocycles. The molecular formula is C19H17NO. The first-order valence-corrected chi connectivity index (χ1v) is 7.04. The van der Waals surface area contributed by atoms with Crippen molar-refractivity contribution >= 4 is 22.4 Å². The molecule has 2 heteroatoms. The third kappa shape index (κ3) is 2.79. The van der Waals surface area contributed by atoms with Crippen LogP contribution in [0.2, 0.25) is 0 Å². The van der Waals surface area contributed by atoms with Crippen LogP contribution in [0.15, 0.2) is 72.8 Å². The zero-order valence-corrected chi connectivity index (χ0v) is 12.0. The Kier molecular flexibility index (Phi) is 3.69. The molecule has 0 radical (unpaired) electrons. The molecule has 0 aliphatic rings. The van der Waals surface area contributed by atoms with E-state index in [0.29, 0.717) is 6.42 Å². The van der Waals surface area contributed by atoms with E-state index in [0.717, 1.165) is 16.6 Å². The molecule has 0 fully saturated rings. The summed E-state index contributed by atoms with van der Waals surface area (Å²) >= 11 is 0. The number of rotatable bonds is 3. The Morgan fingerprint density at radius 1 is 0.857 bits per heavy atom. The summed E-state index contributed by atoms with van der Waals surface area (Å²) in [6, 6.07) is 24.0. The Labute approximate surface area is 124 Å². The van der Waals surface area contributed by atoms with Crippen molar-refractivity contribution in [1.82, 2.24) is 0 Å². The minimum absolute atomic E-state index is 0.0950. The first kappa shape index (κ1) is 13.4. The van der Waals surface area contributed by atoms with Crippen molar-refractivity contribution in [3.8, 4) is 0 Å². The van der Waals surface area contributed by atoms with Crippen LogP contribution in [-0.2, 0) is 11.2 Å². The standard InChI is InChI=1S/C19H17NO/c1-20(17-11-3-2-4-12-17)19(21)14-16-10-7-9-15-8-5-6-13-18(15)16/h2-13H,14H2,1H3. The summed E-state index contributed by atoms with van der Waals surface area (Å²) in [5.74, 6) is 0.0950. The van der Waals surface area contributed by atoms with E-state index in [9.17, 15) is 4.79 Å². The molecule has 3 aromatic carbocycles. The molecule has 2 nitrogen and oxygen atoms in total. The van der Waals surface area contributed by atoms with Crippen molar-refractivity contribution in [1.29, 1.82) is 0 Å². The van der Waals surface area contributed by atoms with Gasteiger partial charge in [-0.3, -0.25) is 4.79 Å². The lowest BCUT2D eigenvalue weighted by Crippen LogP contribution is -2.27. The predicted molar refractivity (Wildman–Crippen MR) is 87.5 cm³/mol. The van der Waals surface area contributed by atoms with Crippen LogP contribution in [0.4, 0.5) is 5.69 Å². The van der Waals surface area contributed by atoms with Gasteiger partial charge in [0.15, 0.2) is 0 Å². The number of benzene rings is 3. The van der Waals surface area contributed by atoms with Gasteiger partial charge >= 0.3 is 0 Å². The Morgan fingerprint density at radius 3 is 2.33 bits per heavy atom. The van der Waals surface area contributed by atoms with Crippen molar-refractivity contribution < 1.29 is 4.79 Å². The summed E-state index contributed by atoms with van der Waals surface area (Å²) in [5.41, 5.74) is 1.99. The highest BCUT2D eigenvalue weighted by Gasteiger charge is 2.12. The van der Waals surface area contributed by atoms with Gasteiger partial charge in [0, 0.05) is 12.7 Å². The predicted octanol–water partition coefficient (Wildman–Crippen LogP) is 4.05. The van der Waals surface area contributed by atoms with Crippen LogP contribution in [0, 0.1) is 0 Å². The van der Waals surface area contributed by atoms with Crippen molar-refractivity contribution in [3.63, 3.8) is 0 Å². The number of para-hydroxylation sites is 1. The van der Waals surface area contributed by atoms with Gasteiger partial charge in [0.25, 0.3) is 0 Å². The lowest BCUT2D eigenvalue weighted by molar-refractivity contribution is -0.117. The summed E-state index contributed by atoms with van der Waals surface area (Å²) in [7, 11) is 1.82. The minimum Gasteiger partial charge on any atom is -0.315 e. The molecule has 3 aromatic rings. The number of nitrogens with zero attached hydrogens (tertiary/aromatic N) is 1. The Morgan fingerprint density at radius 2 is 1.52 bits per heavy atom. The van der Waals surface area contributed by atoms with Gasteiger partial charge in [-0.2, -0.15) is 0 Å². The number of fused-ring (bicyclic) bond motifs is 1. The maximum atomic E-state index is 12.5. The Balaban J connectivity index is 1.87. The van der Waals surface area contributed by atoms with Gasteiger partial charge in [-0.05, 0) is 28.5 Å². The molecule has 0 saturated carbocycles. The number of hydrogen-bond acceptors (Lipinski definition) is 1. The fraction of sp³-hybridized carbons (Fsp3) is 0.105. The summed E-state index contributed by atoms with van der Waals surface area (Å²) < 4.78 is 0. The van der Waals surface area contributed by atoms with Crippen molar-refractivity contribution in [3.05, 3.63) is 78.4 Å². The third-order valence-electron chi connectivity index (χ3n) is 3.74. The average Bonchev–Trinajstić information content (AvgIpc) is 2.55. The van der Waals surface area contributed by atoms with E-state index in [2.05, 4.69) is 18.2 Å². The van der Waals surface area contributed by atoms with Crippen LogP contribution in [0.25, 0.3) is 10.8 Å². The zero-order valence-electron chi connectivity index (χ0n) is 12.0. The Bertz CT molecular complexity index is 759. The summed E-state index contributed by atoms with van der Waals surface area (Å²) in [6.45, 7) is 0. The molecule has 1 amide bonds. The SMILES string of the molecule is CN(C(=O)Cc1cccc2ccccc12)c1ccccc1. The number of amides is 1. The first-order valence-electron chi connectivity index (χ1n) is 7.04. The molecule has 3 rings (SSSR count). The summed E-state index contributed by atoms with van der Waals surface area (Å²) in [6.07, 6.45) is 0.409. The van der Waals surface area contributed by atoms with Gasteiger partial charge in [-0.25, -0.2) is 0 Å². The smallest absolute Gasteiger partial charge is 0.231 e. The molecule has 0 aliphatic heterocycles. The molecule has 104 valence electrons. The lowest BCUT2D eigenvalue weighted by atomic mass is 10.0. The fourth-order valence-electron chi connectivity index (χ4n) is 2.52. The first-order chi connectivity index (χ1) is 10.3. The molecule has 21 heavy (non-hydrogen) atoms. The van der Waals surface area contributed by atoms with E-state index < -0.39 is 0 Å². The zero-order chi connectivity index (χ0) is 14.7. The largest absolute Gasteiger partial charge is 0.315 e. The second-order valence-electron chi connectivity index (χ2n) is 5.10. The number of hydrogen-bond donors (Lipinski definition) is 0. The molecule has 0 bridgehead atoms. The van der Waals surface area contributed by atoms with Crippen molar-refractivity contribution in [2.45, 2.75) is 6.42 Å². The van der Waals surface area contributed by atoms with Crippen LogP contribution < -0.4 is 4.90 Å². The van der Waals surface area contributed by atoms with E-state index in [1.165, 1.54) is 5.39 Å². The highest BCUT2D eigenvalue weighted by Crippen LogP contribution is 2.20. The van der Waals surface area contributed by atoms with Gasteiger partial charge in [0.05, 0.1) is 6.42 Å². The van der Waals surface area contributed by atoms with Gasteiger partial charge in [-0.1, -0.05) is 60.7 Å². The van der Waals surface area contributed by atoms with E-state index in [-0.39, 0.29) is 5.91 Å². The molecule has 0 atom stereocenters. The van der Waals surface area contributed by atoms with Gasteiger partial charge in [0.2, 0.25) is 5.91 Å². The molecule has 0 spiro atoms. The maximum absolute atomic E-state index is 12.5. The molecule has 0 unspecified atom stereocenters. The van der Waals surface area contributed by atoms with E-state index in [1.54, 1.807) is 4.90 Å². The normalized spacial score (nSPS) is 10.5. The fourth-order valence-corrected chi connectivity index (χ4v) is 2.52. The van der Waals surface area contributed by atoms with Crippen LogP contribution in [-0.4, -0.2) is 13.0 Å². The molecular weight excluding hydrogens is 258 g/mol. The highest BCUT2D eigenvalue weighted by atomic mass is 16.2. The van der Waals surface area contributed by atoms with Gasteiger partial charge in [-0.15, -0.1) is 0 Å². The van der Waals surface area contributed by atoms with Gasteiger partial charge in [0.1, 0.15) is 0 Å². The quantitative estimate of drug-likeness (QED) is 0.706. The number of carbonyl (C=O) groups excluding carboxylic acids is 1. The molecule has 0 saturated heterocycles. The van der Waals surface area contributed by atoms with Crippen LogP contribution in [0.1, 0.15) is 5.56 Å². The minimum atomic E-state index is 0.0950. The lowest BCUT2D eigenvalue weighted by Gasteiger charge is -2.17. The molecule has 0 heterocycles. The van der Waals surface area contributed by atoms with E-state index >= 15 is 0 Å². The summed E-state index contributed by atoms with van der Waals surface area (Å²) in [5, 5.41) is 2.32. The van der Waals surface area contributed by atoms with Crippen LogP contribution in [0.5, 0.6) is 0 Å². The van der Waals surface area contributed by atoms with E-state index in [1.807, 2.05) is 61.6 Å². The molecule has 0 N–H and O–H groups in total. The average molecular weight is 275 g/mol. The second kappa shape index (κ2) is 5.80. The van der Waals surface area contributed by atoms with Crippen LogP contribution in [0.3, 0.4) is 0 Å². The third-order valence-corrected chi connectivity index (χ3v) is 3.74. The topological polar surface area (TPSA) is 20.3 Å². The monoisotopic (exact) mass is 275 g/mol. The van der Waals surface area contributed by atoms with Crippen LogP contribution >= 0.6 is 0 Å². The van der Waals surface area contributed by atoms with E-state index in [4.69, 9.17) is 0 Å². The molecule has 0 aromatic heterocycles. The Hall–Kier alpha value is -2.61. The number of likely N-dealkylation sites (N-methyl/N-ethyl adjacent to an activating group) is 1. The van der Waals surface area contributed by atoms with Crippen molar-refractivity contribution in [2.24, 2.45) is 0 Å². The van der Waals surface area contributed by atoms with Gasteiger partial charge < -0.3 is 4.90 Å². The van der Waals surface area contributed by atoms with Crippen molar-refractivity contribution in [2.75, 3.05) is 11.9 Å². The number of carbonyl (C=O) groups is 1. The summed E-state index contributed by atoms with van der Waals surface area (Å²) in [4.78, 5) is 14.2. The number of anilines is 1. The second-order valence-corrected chi connectivity index (χ2v) is 5.10. The maximum Gasteiger partial charge on any atom is 0.231 e. The highest BCUT2D eigenvalue weighted by molar-refractivity contribution is 5.97.